The second-order valence-electron chi connectivity index (χ2n) is 7.07. The van der Waals surface area contributed by atoms with Crippen LogP contribution >= 0.6 is 0 Å². The van der Waals surface area contributed by atoms with Gasteiger partial charge in [0, 0.05) is 6.42 Å². The molecule has 24 heavy (non-hydrogen) atoms. The number of carbonyl (C=O) groups excluding carboxylic acids is 3. The fourth-order valence-electron chi connectivity index (χ4n) is 2.40. The van der Waals surface area contributed by atoms with Crippen molar-refractivity contribution in [3.63, 3.8) is 0 Å². The Bertz CT molecular complexity index is 408. The van der Waals surface area contributed by atoms with Gasteiger partial charge in [-0.05, 0) is 24.7 Å². The van der Waals surface area contributed by atoms with Crippen LogP contribution in [0.5, 0.6) is 0 Å². The van der Waals surface area contributed by atoms with Gasteiger partial charge in [-0.15, -0.1) is 0 Å². The quantitative estimate of drug-likeness (QED) is 0.565. The van der Waals surface area contributed by atoms with Crippen LogP contribution < -0.4 is 10.6 Å². The summed E-state index contributed by atoms with van der Waals surface area (Å²) in [6.07, 6.45) is 3.16. The number of hydrogen-bond acceptors (Lipinski definition) is 4. The largest absolute Gasteiger partial charge is 0.467 e. The van der Waals surface area contributed by atoms with Crippen LogP contribution in [0.3, 0.4) is 0 Å². The minimum absolute atomic E-state index is 0.144. The van der Waals surface area contributed by atoms with E-state index in [1.807, 2.05) is 34.6 Å². The molecule has 0 aromatic carbocycles. The summed E-state index contributed by atoms with van der Waals surface area (Å²) in [4.78, 5) is 36.4. The van der Waals surface area contributed by atoms with Gasteiger partial charge in [0.05, 0.1) is 7.11 Å². The van der Waals surface area contributed by atoms with Crippen LogP contribution in [-0.2, 0) is 19.1 Å². The Morgan fingerprint density at radius 1 is 0.958 bits per heavy atom. The Hall–Kier alpha value is -1.59. The summed E-state index contributed by atoms with van der Waals surface area (Å²) in [5.41, 5.74) is 0. The fourth-order valence-corrected chi connectivity index (χ4v) is 2.40. The average molecular weight is 342 g/mol. The first-order valence-electron chi connectivity index (χ1n) is 8.88. The number of esters is 1. The van der Waals surface area contributed by atoms with E-state index in [0.717, 1.165) is 12.8 Å². The topological polar surface area (TPSA) is 84.5 Å². The van der Waals surface area contributed by atoms with Crippen LogP contribution in [0.15, 0.2) is 0 Å². The molecule has 2 N–H and O–H groups in total. The molecule has 0 aliphatic heterocycles. The molecule has 2 atom stereocenters. The van der Waals surface area contributed by atoms with Crippen LogP contribution in [-0.4, -0.2) is 37.0 Å². The molecule has 0 spiro atoms. The van der Waals surface area contributed by atoms with Gasteiger partial charge >= 0.3 is 5.97 Å². The molecule has 0 radical (unpaired) electrons. The lowest BCUT2D eigenvalue weighted by Crippen LogP contribution is -2.52. The number of hydrogen-bond donors (Lipinski definition) is 2. The first kappa shape index (κ1) is 22.4. The van der Waals surface area contributed by atoms with Crippen LogP contribution in [0.2, 0.25) is 0 Å². The molecule has 0 unspecified atom stereocenters. The highest BCUT2D eigenvalue weighted by atomic mass is 16.5. The molecular formula is C18H34N2O4. The summed E-state index contributed by atoms with van der Waals surface area (Å²) in [7, 11) is 1.31. The minimum Gasteiger partial charge on any atom is -0.467 e. The molecule has 2 amide bonds. The molecule has 0 bridgehead atoms. The molecule has 0 aromatic rings. The third kappa shape index (κ3) is 9.53. The van der Waals surface area contributed by atoms with E-state index < -0.39 is 18.1 Å². The Kier molecular flexibility index (Phi) is 11.1. The second kappa shape index (κ2) is 11.9. The van der Waals surface area contributed by atoms with Crippen molar-refractivity contribution in [1.29, 1.82) is 0 Å². The highest BCUT2D eigenvalue weighted by molar-refractivity contribution is 5.90. The zero-order valence-corrected chi connectivity index (χ0v) is 16.0. The zero-order chi connectivity index (χ0) is 18.7. The maximum Gasteiger partial charge on any atom is 0.328 e. The lowest BCUT2D eigenvalue weighted by atomic mass is 10.0. The van der Waals surface area contributed by atoms with Gasteiger partial charge in [-0.2, -0.15) is 0 Å². The Labute approximate surface area is 146 Å². The number of ether oxygens (including phenoxy) is 1. The van der Waals surface area contributed by atoms with Gasteiger partial charge in [0.1, 0.15) is 12.1 Å². The highest BCUT2D eigenvalue weighted by Crippen LogP contribution is 2.09. The van der Waals surface area contributed by atoms with Gasteiger partial charge in [0.25, 0.3) is 0 Å². The van der Waals surface area contributed by atoms with Gasteiger partial charge < -0.3 is 15.4 Å². The van der Waals surface area contributed by atoms with E-state index in [0.29, 0.717) is 19.3 Å². The molecule has 0 fully saturated rings. The van der Waals surface area contributed by atoms with Gasteiger partial charge in [-0.1, -0.05) is 47.5 Å². The molecule has 0 aliphatic rings. The van der Waals surface area contributed by atoms with Crippen LogP contribution in [0.25, 0.3) is 0 Å². The number of carbonyl (C=O) groups is 3. The van der Waals surface area contributed by atoms with E-state index in [-0.39, 0.29) is 23.7 Å². The van der Waals surface area contributed by atoms with Gasteiger partial charge in [0.15, 0.2) is 0 Å². The maximum atomic E-state index is 12.6. The van der Waals surface area contributed by atoms with Crippen molar-refractivity contribution in [2.45, 2.75) is 78.8 Å². The second-order valence-corrected chi connectivity index (χ2v) is 7.07. The average Bonchev–Trinajstić information content (AvgIpc) is 2.48. The molecule has 0 rings (SSSR count). The van der Waals surface area contributed by atoms with E-state index >= 15 is 0 Å². The molecular weight excluding hydrogens is 308 g/mol. The molecule has 0 aliphatic carbocycles. The van der Waals surface area contributed by atoms with E-state index in [1.165, 1.54) is 7.11 Å². The molecule has 0 heterocycles. The van der Waals surface area contributed by atoms with E-state index in [9.17, 15) is 14.4 Å². The fraction of sp³-hybridized carbons (Fsp3) is 0.833. The lowest BCUT2D eigenvalue weighted by Gasteiger charge is -2.23. The smallest absolute Gasteiger partial charge is 0.328 e. The van der Waals surface area contributed by atoms with Gasteiger partial charge in [-0.25, -0.2) is 4.79 Å². The van der Waals surface area contributed by atoms with E-state index in [4.69, 9.17) is 4.74 Å². The Balaban J connectivity index is 4.93. The molecule has 0 aromatic heterocycles. The predicted octanol–water partition coefficient (Wildman–Crippen LogP) is 2.41. The highest BCUT2D eigenvalue weighted by Gasteiger charge is 2.27. The number of methoxy groups -OCH3 is 1. The normalized spacial score (nSPS) is 13.5. The van der Waals surface area contributed by atoms with Crippen LogP contribution in [0.1, 0.15) is 66.7 Å². The lowest BCUT2D eigenvalue weighted by molar-refractivity contribution is -0.145. The predicted molar refractivity (Wildman–Crippen MR) is 94.3 cm³/mol. The van der Waals surface area contributed by atoms with Crippen LogP contribution in [0.4, 0.5) is 0 Å². The summed E-state index contributed by atoms with van der Waals surface area (Å²) in [6, 6.07) is -1.30. The van der Waals surface area contributed by atoms with Gasteiger partial charge in [-0.3, -0.25) is 9.59 Å². The molecule has 140 valence electrons. The number of amides is 2. The Morgan fingerprint density at radius 3 is 2.04 bits per heavy atom. The van der Waals surface area contributed by atoms with Crippen molar-refractivity contribution in [3.8, 4) is 0 Å². The monoisotopic (exact) mass is 342 g/mol. The van der Waals surface area contributed by atoms with Gasteiger partial charge in [0.2, 0.25) is 11.8 Å². The summed E-state index contributed by atoms with van der Waals surface area (Å²) >= 11 is 0. The SMILES string of the molecule is CCCC[C@H](NC(=O)[C@H](CC(C)C)NC(=O)CC(C)C)C(=O)OC. The first-order valence-corrected chi connectivity index (χ1v) is 8.88. The molecule has 6 nitrogen and oxygen atoms in total. The number of nitrogens with one attached hydrogen (secondary N) is 2. The standard InChI is InChI=1S/C18H34N2O4/c1-7-8-9-14(18(23)24-6)20-17(22)15(10-12(2)3)19-16(21)11-13(4)5/h12-15H,7-11H2,1-6H3,(H,19,21)(H,20,22)/t14-,15-/m0/s1. The third-order valence-electron chi connectivity index (χ3n) is 3.60. The number of rotatable bonds is 11. The molecule has 0 saturated heterocycles. The summed E-state index contributed by atoms with van der Waals surface area (Å²) < 4.78 is 4.76. The third-order valence-corrected chi connectivity index (χ3v) is 3.60. The summed E-state index contributed by atoms with van der Waals surface area (Å²) in [5, 5.41) is 5.53. The minimum atomic E-state index is -0.667. The zero-order valence-electron chi connectivity index (χ0n) is 16.0. The van der Waals surface area contributed by atoms with Crippen molar-refractivity contribution < 1.29 is 19.1 Å². The van der Waals surface area contributed by atoms with Crippen molar-refractivity contribution in [2.75, 3.05) is 7.11 Å². The number of unbranched alkanes of at least 4 members (excludes halogenated alkanes) is 1. The molecule has 6 heteroatoms. The first-order chi connectivity index (χ1) is 11.2. The van der Waals surface area contributed by atoms with Crippen molar-refractivity contribution >= 4 is 17.8 Å². The van der Waals surface area contributed by atoms with Crippen molar-refractivity contribution in [1.82, 2.24) is 10.6 Å². The van der Waals surface area contributed by atoms with Crippen molar-refractivity contribution in [3.05, 3.63) is 0 Å². The van der Waals surface area contributed by atoms with Crippen LogP contribution in [0, 0.1) is 11.8 Å². The Morgan fingerprint density at radius 2 is 1.58 bits per heavy atom. The summed E-state index contributed by atoms with van der Waals surface area (Å²) in [5.74, 6) is -0.456. The van der Waals surface area contributed by atoms with Crippen molar-refractivity contribution in [2.24, 2.45) is 11.8 Å². The maximum absolute atomic E-state index is 12.6. The van der Waals surface area contributed by atoms with E-state index in [2.05, 4.69) is 10.6 Å². The molecule has 0 saturated carbocycles. The van der Waals surface area contributed by atoms with E-state index in [1.54, 1.807) is 0 Å². The summed E-state index contributed by atoms with van der Waals surface area (Å²) in [6.45, 7) is 9.90.